The molecule has 0 saturated carbocycles. The fourth-order valence-electron chi connectivity index (χ4n) is 5.94. The van der Waals surface area contributed by atoms with Crippen molar-refractivity contribution in [1.29, 1.82) is 0 Å². The highest BCUT2D eigenvalue weighted by Gasteiger charge is 2.42. The summed E-state index contributed by atoms with van der Waals surface area (Å²) in [6.45, 7) is 4.87. The Hall–Kier alpha value is -4.60. The monoisotopic (exact) mass is 516 g/mol. The molecule has 2 heterocycles. The zero-order chi connectivity index (χ0) is 26.4. The summed E-state index contributed by atoms with van der Waals surface area (Å²) in [5, 5.41) is 2.76. The van der Waals surface area contributed by atoms with Crippen LogP contribution in [0.25, 0.3) is 56.2 Å². The third-order valence-electron chi connectivity index (χ3n) is 7.91. The Morgan fingerprint density at radius 3 is 1.54 bits per heavy atom. The number of hydrogen-bond donors (Lipinski definition) is 0. The molecule has 39 heavy (non-hydrogen) atoms. The van der Waals surface area contributed by atoms with E-state index in [0.717, 1.165) is 28.3 Å². The number of hydrogen-bond acceptors (Lipinski definition) is 2. The molecule has 6 aromatic rings. The van der Waals surface area contributed by atoms with Gasteiger partial charge in [0.05, 0.1) is 11.4 Å². The average molecular weight is 517 g/mol. The van der Waals surface area contributed by atoms with E-state index in [1.807, 2.05) is 6.07 Å². The van der Waals surface area contributed by atoms with Crippen LogP contribution in [-0.2, 0) is 0 Å². The number of aromatic nitrogens is 2. The molecule has 0 amide bonds. The van der Waals surface area contributed by atoms with E-state index in [2.05, 4.69) is 140 Å². The third-order valence-corrected chi connectivity index (χ3v) is 11.4. The van der Waals surface area contributed by atoms with Crippen LogP contribution >= 0.6 is 0 Å². The maximum Gasteiger partial charge on any atom is 0.160 e. The average Bonchev–Trinajstić information content (AvgIpc) is 3.24. The second-order valence-electron chi connectivity index (χ2n) is 10.6. The van der Waals surface area contributed by atoms with Gasteiger partial charge in [0.2, 0.25) is 0 Å². The van der Waals surface area contributed by atoms with E-state index in [4.69, 9.17) is 9.97 Å². The van der Waals surface area contributed by atoms with Gasteiger partial charge in [-0.1, -0.05) is 147 Å². The van der Waals surface area contributed by atoms with Gasteiger partial charge in [-0.05, 0) is 38.2 Å². The molecule has 1 aromatic heterocycles. The third kappa shape index (κ3) is 3.94. The predicted molar refractivity (Wildman–Crippen MR) is 166 cm³/mol. The number of benzene rings is 5. The number of fused-ring (bicyclic) bond motifs is 3. The molecule has 1 aliphatic rings. The van der Waals surface area contributed by atoms with Gasteiger partial charge in [-0.3, -0.25) is 0 Å². The lowest BCUT2D eigenvalue weighted by Crippen LogP contribution is -2.50. The van der Waals surface area contributed by atoms with E-state index in [9.17, 15) is 0 Å². The maximum absolute atomic E-state index is 5.38. The standard InChI is InChI=1S/C36H28N2Si/c1-39(2)32-20-12-11-19-31(32)34-35(39)33(30-18-10-9-17-29(30)27-15-7-4-8-16-27)37-36(38-34)28-23-21-26(22-24-28)25-13-5-3-6-14-25/h3-24H,1-2H3. The van der Waals surface area contributed by atoms with Gasteiger partial charge in [0.15, 0.2) is 5.82 Å². The molecule has 0 radical (unpaired) electrons. The van der Waals surface area contributed by atoms with Gasteiger partial charge in [0.25, 0.3) is 0 Å². The molecule has 0 fully saturated rings. The molecular formula is C36H28N2Si. The van der Waals surface area contributed by atoms with Gasteiger partial charge in [-0.15, -0.1) is 0 Å². The van der Waals surface area contributed by atoms with Crippen molar-refractivity contribution < 1.29 is 0 Å². The molecule has 0 N–H and O–H groups in total. The summed E-state index contributed by atoms with van der Waals surface area (Å²) in [6, 6.07) is 47.3. The highest BCUT2D eigenvalue weighted by molar-refractivity contribution is 7.04. The summed E-state index contributed by atoms with van der Waals surface area (Å²) in [4.78, 5) is 10.7. The van der Waals surface area contributed by atoms with E-state index in [1.54, 1.807) is 0 Å². The molecule has 7 rings (SSSR count). The first-order valence-electron chi connectivity index (χ1n) is 13.4. The molecule has 3 heteroatoms. The van der Waals surface area contributed by atoms with Crippen LogP contribution in [0.4, 0.5) is 0 Å². The quantitative estimate of drug-likeness (QED) is 0.222. The second-order valence-corrected chi connectivity index (χ2v) is 14.9. The van der Waals surface area contributed by atoms with Crippen LogP contribution in [-0.4, -0.2) is 18.0 Å². The van der Waals surface area contributed by atoms with Crippen LogP contribution < -0.4 is 10.4 Å². The molecule has 0 bridgehead atoms. The van der Waals surface area contributed by atoms with Crippen LogP contribution in [0.3, 0.4) is 0 Å². The van der Waals surface area contributed by atoms with E-state index in [-0.39, 0.29) is 0 Å². The Morgan fingerprint density at radius 2 is 0.872 bits per heavy atom. The van der Waals surface area contributed by atoms with Crippen molar-refractivity contribution in [2.24, 2.45) is 0 Å². The molecule has 5 aromatic carbocycles. The molecule has 0 spiro atoms. The zero-order valence-electron chi connectivity index (χ0n) is 22.1. The van der Waals surface area contributed by atoms with Crippen molar-refractivity contribution in [3.05, 3.63) is 133 Å². The first kappa shape index (κ1) is 23.5. The normalized spacial score (nSPS) is 13.1. The van der Waals surface area contributed by atoms with E-state index in [0.29, 0.717) is 0 Å². The van der Waals surface area contributed by atoms with Gasteiger partial charge in [-0.25, -0.2) is 9.97 Å². The van der Waals surface area contributed by atoms with Crippen molar-refractivity contribution >= 4 is 18.4 Å². The maximum atomic E-state index is 5.38. The molecule has 1 aliphatic heterocycles. The molecule has 0 unspecified atom stereocenters. The van der Waals surface area contributed by atoms with Crippen molar-refractivity contribution in [3.63, 3.8) is 0 Å². The van der Waals surface area contributed by atoms with E-state index in [1.165, 1.54) is 38.2 Å². The van der Waals surface area contributed by atoms with Crippen LogP contribution in [0.1, 0.15) is 0 Å². The Bertz CT molecular complexity index is 1810. The molecule has 0 atom stereocenters. The van der Waals surface area contributed by atoms with Crippen LogP contribution in [0, 0.1) is 0 Å². The largest absolute Gasteiger partial charge is 0.228 e. The Labute approximate surface area is 230 Å². The molecule has 186 valence electrons. The summed E-state index contributed by atoms with van der Waals surface area (Å²) in [6.07, 6.45) is 0. The fraction of sp³-hybridized carbons (Fsp3) is 0.0556. The smallest absolute Gasteiger partial charge is 0.160 e. The van der Waals surface area contributed by atoms with Gasteiger partial charge >= 0.3 is 0 Å². The van der Waals surface area contributed by atoms with Gasteiger partial charge in [0, 0.05) is 11.1 Å². The molecule has 2 nitrogen and oxygen atoms in total. The first-order valence-corrected chi connectivity index (χ1v) is 16.4. The highest BCUT2D eigenvalue weighted by atomic mass is 28.3. The Balaban J connectivity index is 1.47. The van der Waals surface area contributed by atoms with E-state index >= 15 is 0 Å². The number of rotatable bonds is 4. The Kier molecular flexibility index (Phi) is 5.61. The SMILES string of the molecule is C[Si]1(C)c2ccccc2-c2nc(-c3ccc(-c4ccccc4)cc3)nc(-c3ccccc3-c3ccccc3)c21. The lowest BCUT2D eigenvalue weighted by Gasteiger charge is -2.22. The van der Waals surface area contributed by atoms with Crippen LogP contribution in [0.15, 0.2) is 133 Å². The van der Waals surface area contributed by atoms with Gasteiger partial charge < -0.3 is 0 Å². The first-order chi connectivity index (χ1) is 19.1. The van der Waals surface area contributed by atoms with Crippen molar-refractivity contribution in [3.8, 4) is 56.2 Å². The summed E-state index contributed by atoms with van der Waals surface area (Å²) in [5.41, 5.74) is 10.4. The Morgan fingerprint density at radius 1 is 0.410 bits per heavy atom. The summed E-state index contributed by atoms with van der Waals surface area (Å²) in [5.74, 6) is 0.771. The summed E-state index contributed by atoms with van der Waals surface area (Å²) in [7, 11) is -2.03. The predicted octanol–water partition coefficient (Wildman–Crippen LogP) is 7.95. The molecule has 0 aliphatic carbocycles. The summed E-state index contributed by atoms with van der Waals surface area (Å²) >= 11 is 0. The van der Waals surface area contributed by atoms with Gasteiger partial charge in [0.1, 0.15) is 8.07 Å². The van der Waals surface area contributed by atoms with Gasteiger partial charge in [-0.2, -0.15) is 0 Å². The molecular weight excluding hydrogens is 488 g/mol. The lowest BCUT2D eigenvalue weighted by atomic mass is 9.96. The van der Waals surface area contributed by atoms with Crippen molar-refractivity contribution in [1.82, 2.24) is 9.97 Å². The zero-order valence-corrected chi connectivity index (χ0v) is 23.1. The lowest BCUT2D eigenvalue weighted by molar-refractivity contribution is 1.20. The van der Waals surface area contributed by atoms with Crippen LogP contribution in [0.2, 0.25) is 13.1 Å². The minimum absolute atomic E-state index is 0.771. The van der Waals surface area contributed by atoms with Crippen LogP contribution in [0.5, 0.6) is 0 Å². The minimum atomic E-state index is -2.03. The highest BCUT2D eigenvalue weighted by Crippen LogP contribution is 2.37. The van der Waals surface area contributed by atoms with Crippen molar-refractivity contribution in [2.45, 2.75) is 13.1 Å². The van der Waals surface area contributed by atoms with Crippen molar-refractivity contribution in [2.75, 3.05) is 0 Å². The number of nitrogens with zero attached hydrogens (tertiary/aromatic N) is 2. The molecule has 0 saturated heterocycles. The minimum Gasteiger partial charge on any atom is -0.228 e. The second kappa shape index (κ2) is 9.30. The summed E-state index contributed by atoms with van der Waals surface area (Å²) < 4.78 is 0. The topological polar surface area (TPSA) is 25.8 Å². The fourth-order valence-corrected chi connectivity index (χ4v) is 9.16. The van der Waals surface area contributed by atoms with E-state index < -0.39 is 8.07 Å².